The van der Waals surface area contributed by atoms with Crippen molar-refractivity contribution in [3.8, 4) is 17.5 Å². The maximum absolute atomic E-state index is 12.1. The molecule has 11 heteroatoms. The van der Waals surface area contributed by atoms with Gasteiger partial charge in [0.2, 0.25) is 5.91 Å². The van der Waals surface area contributed by atoms with Gasteiger partial charge in [-0.25, -0.2) is 0 Å². The number of amides is 1. The molecule has 1 aliphatic rings. The Morgan fingerprint density at radius 2 is 2.00 bits per heavy atom. The largest absolute Gasteiger partial charge is 0.462 e. The number of ether oxygens (including phenoxy) is 2. The molecule has 0 bridgehead atoms. The van der Waals surface area contributed by atoms with Crippen molar-refractivity contribution >= 4 is 45.1 Å². The first-order valence-corrected chi connectivity index (χ1v) is 12.8. The molecule has 0 spiro atoms. The zero-order chi connectivity index (χ0) is 26.8. The molecule has 4 aromatic rings. The van der Waals surface area contributed by atoms with Crippen LogP contribution in [0.25, 0.3) is 21.8 Å². The van der Waals surface area contributed by atoms with E-state index in [0.717, 1.165) is 27.7 Å². The number of aromatic amines is 1. The Morgan fingerprint density at radius 3 is 2.74 bits per heavy atom. The van der Waals surface area contributed by atoms with Crippen LogP contribution in [0, 0.1) is 6.92 Å². The monoisotopic (exact) mass is 535 g/mol. The number of nitrogens with zero attached hydrogens (tertiary/aromatic N) is 6. The third-order valence-electron chi connectivity index (χ3n) is 6.52. The van der Waals surface area contributed by atoms with E-state index in [-0.39, 0.29) is 11.9 Å². The number of piperazine rings is 1. The fourth-order valence-corrected chi connectivity index (χ4v) is 4.63. The van der Waals surface area contributed by atoms with Crippen LogP contribution in [-0.4, -0.2) is 89.3 Å². The van der Waals surface area contributed by atoms with Crippen molar-refractivity contribution in [2.75, 3.05) is 58.3 Å². The number of aromatic nitrogens is 4. The number of aryl methyl sites for hydroxylation is 1. The van der Waals surface area contributed by atoms with Crippen LogP contribution >= 0.6 is 11.6 Å². The van der Waals surface area contributed by atoms with Gasteiger partial charge in [0.1, 0.15) is 17.9 Å². The second kappa shape index (κ2) is 10.8. The normalized spacial score (nSPS) is 13.9. The summed E-state index contributed by atoms with van der Waals surface area (Å²) in [6.07, 6.45) is 3.05. The summed E-state index contributed by atoms with van der Waals surface area (Å²) in [5, 5.41) is 9.24. The van der Waals surface area contributed by atoms with Gasteiger partial charge in [0.25, 0.3) is 0 Å². The number of fused-ring (bicyclic) bond motifs is 2. The van der Waals surface area contributed by atoms with Crippen molar-refractivity contribution in [1.82, 2.24) is 30.0 Å². The number of para-hydroxylation sites is 1. The van der Waals surface area contributed by atoms with E-state index >= 15 is 0 Å². The summed E-state index contributed by atoms with van der Waals surface area (Å²) < 4.78 is 12.4. The standard InChI is InChI=1S/C27H30ClN7O3/c1-5-22(36)34-9-11-35(12-10-34)26-18-7-6-8-21(24(18)30-27(31-26)37-14-13-33(3)4)38-25-19-16-29-32-20(19)15-17(2)23(25)28/h5-8,15-16H,1,9-14H2,2-4H3,(H,29,32). The molecule has 0 atom stereocenters. The fourth-order valence-electron chi connectivity index (χ4n) is 4.44. The molecule has 1 saturated heterocycles. The minimum absolute atomic E-state index is 0.0683. The Morgan fingerprint density at radius 1 is 1.21 bits per heavy atom. The summed E-state index contributed by atoms with van der Waals surface area (Å²) >= 11 is 6.69. The van der Waals surface area contributed by atoms with Gasteiger partial charge in [0.05, 0.1) is 22.1 Å². The predicted molar refractivity (Wildman–Crippen MR) is 148 cm³/mol. The minimum Gasteiger partial charge on any atom is -0.462 e. The van der Waals surface area contributed by atoms with Crippen LogP contribution in [0.4, 0.5) is 5.82 Å². The van der Waals surface area contributed by atoms with Crippen molar-refractivity contribution in [2.45, 2.75) is 6.92 Å². The highest BCUT2D eigenvalue weighted by Crippen LogP contribution is 2.41. The minimum atomic E-state index is -0.0683. The van der Waals surface area contributed by atoms with E-state index < -0.39 is 0 Å². The Hall–Kier alpha value is -3.89. The summed E-state index contributed by atoms with van der Waals surface area (Å²) in [6.45, 7) is 9.05. The van der Waals surface area contributed by atoms with E-state index in [2.05, 4.69) is 21.7 Å². The first-order valence-electron chi connectivity index (χ1n) is 12.4. The fraction of sp³-hybridized carbons (Fsp3) is 0.333. The quantitative estimate of drug-likeness (QED) is 0.337. The number of anilines is 1. The van der Waals surface area contributed by atoms with Crippen LogP contribution in [0.2, 0.25) is 5.02 Å². The number of carbonyl (C=O) groups excluding carboxylic acids is 1. The molecule has 198 valence electrons. The highest BCUT2D eigenvalue weighted by atomic mass is 35.5. The third kappa shape index (κ3) is 5.09. The molecule has 0 unspecified atom stereocenters. The third-order valence-corrected chi connectivity index (χ3v) is 6.99. The van der Waals surface area contributed by atoms with Crippen molar-refractivity contribution in [3.63, 3.8) is 0 Å². The number of carbonyl (C=O) groups is 1. The van der Waals surface area contributed by atoms with E-state index in [4.69, 9.17) is 31.0 Å². The number of nitrogens with one attached hydrogen (secondary N) is 1. The Balaban J connectivity index is 1.56. The van der Waals surface area contributed by atoms with E-state index in [1.165, 1.54) is 6.08 Å². The average Bonchev–Trinajstić information content (AvgIpc) is 3.38. The second-order valence-corrected chi connectivity index (χ2v) is 9.80. The van der Waals surface area contributed by atoms with Crippen LogP contribution in [-0.2, 0) is 4.79 Å². The summed E-state index contributed by atoms with van der Waals surface area (Å²) in [5.74, 6) is 1.70. The molecule has 1 amide bonds. The molecule has 1 fully saturated rings. The van der Waals surface area contributed by atoms with E-state index in [9.17, 15) is 4.79 Å². The topological polar surface area (TPSA) is 99.7 Å². The SMILES string of the molecule is C=CC(=O)N1CCN(c2nc(OCCN(C)C)nc3c(Oc4c(Cl)c(C)cc5[nH]ncc45)cccc23)CC1. The van der Waals surface area contributed by atoms with Crippen LogP contribution in [0.3, 0.4) is 0 Å². The molecule has 0 radical (unpaired) electrons. The van der Waals surface area contributed by atoms with Gasteiger partial charge in [-0.15, -0.1) is 0 Å². The lowest BCUT2D eigenvalue weighted by Gasteiger charge is -2.35. The molecule has 1 aliphatic heterocycles. The zero-order valence-corrected chi connectivity index (χ0v) is 22.5. The molecule has 5 rings (SSSR count). The number of likely N-dealkylation sites (N-methyl/N-ethyl adjacent to an activating group) is 1. The molecular weight excluding hydrogens is 506 g/mol. The lowest BCUT2D eigenvalue weighted by atomic mass is 10.1. The maximum atomic E-state index is 12.1. The lowest BCUT2D eigenvalue weighted by molar-refractivity contribution is -0.126. The number of H-pyrrole nitrogens is 1. The molecule has 1 N–H and O–H groups in total. The first-order chi connectivity index (χ1) is 18.4. The first kappa shape index (κ1) is 25.7. The second-order valence-electron chi connectivity index (χ2n) is 9.42. The molecule has 2 aromatic carbocycles. The Bertz CT molecular complexity index is 1500. The molecular formula is C27H30ClN7O3. The molecule has 2 aromatic heterocycles. The summed E-state index contributed by atoms with van der Waals surface area (Å²) in [5.41, 5.74) is 2.31. The van der Waals surface area contributed by atoms with Crippen LogP contribution in [0.15, 0.2) is 43.1 Å². The van der Waals surface area contributed by atoms with Gasteiger partial charge in [-0.1, -0.05) is 24.2 Å². The van der Waals surface area contributed by atoms with Crippen LogP contribution in [0.1, 0.15) is 5.56 Å². The molecule has 0 aliphatic carbocycles. The predicted octanol–water partition coefficient (Wildman–Crippen LogP) is 4.04. The summed E-state index contributed by atoms with van der Waals surface area (Å²) in [6, 6.07) is 7.93. The van der Waals surface area contributed by atoms with E-state index in [0.29, 0.717) is 61.4 Å². The van der Waals surface area contributed by atoms with Crippen molar-refractivity contribution in [1.29, 1.82) is 0 Å². The number of hydrogen-bond acceptors (Lipinski definition) is 8. The van der Waals surface area contributed by atoms with Gasteiger partial charge in [0.15, 0.2) is 11.5 Å². The van der Waals surface area contributed by atoms with Gasteiger partial charge in [-0.2, -0.15) is 15.1 Å². The number of halogens is 1. The Labute approximate surface area is 225 Å². The van der Waals surface area contributed by atoms with Gasteiger partial charge in [0, 0.05) is 38.1 Å². The highest BCUT2D eigenvalue weighted by Gasteiger charge is 2.24. The van der Waals surface area contributed by atoms with E-state index in [1.54, 1.807) is 11.1 Å². The molecule has 38 heavy (non-hydrogen) atoms. The van der Waals surface area contributed by atoms with E-state index in [1.807, 2.05) is 50.2 Å². The Kier molecular flexibility index (Phi) is 7.35. The lowest BCUT2D eigenvalue weighted by Crippen LogP contribution is -2.48. The van der Waals surface area contributed by atoms with Crippen molar-refractivity contribution < 1.29 is 14.3 Å². The molecule has 3 heterocycles. The number of benzene rings is 2. The maximum Gasteiger partial charge on any atom is 0.319 e. The van der Waals surface area contributed by atoms with Crippen molar-refractivity contribution in [2.24, 2.45) is 0 Å². The zero-order valence-electron chi connectivity index (χ0n) is 21.7. The van der Waals surface area contributed by atoms with Gasteiger partial charge in [-0.05, 0) is 50.9 Å². The number of rotatable bonds is 8. The molecule has 0 saturated carbocycles. The summed E-state index contributed by atoms with van der Waals surface area (Å²) in [4.78, 5) is 27.6. The molecule has 10 nitrogen and oxygen atoms in total. The van der Waals surface area contributed by atoms with Gasteiger partial charge >= 0.3 is 6.01 Å². The highest BCUT2D eigenvalue weighted by molar-refractivity contribution is 6.34. The number of hydrogen-bond donors (Lipinski definition) is 1. The van der Waals surface area contributed by atoms with Gasteiger partial charge < -0.3 is 24.2 Å². The van der Waals surface area contributed by atoms with Crippen LogP contribution < -0.4 is 14.4 Å². The van der Waals surface area contributed by atoms with Crippen molar-refractivity contribution in [3.05, 3.63) is 53.7 Å². The smallest absolute Gasteiger partial charge is 0.319 e. The summed E-state index contributed by atoms with van der Waals surface area (Å²) in [7, 11) is 3.96. The van der Waals surface area contributed by atoms with Crippen LogP contribution in [0.5, 0.6) is 17.5 Å². The van der Waals surface area contributed by atoms with Gasteiger partial charge in [-0.3, -0.25) is 9.89 Å². The average molecular weight is 536 g/mol.